The van der Waals surface area contributed by atoms with Gasteiger partial charge in [0.05, 0.1) is 25.2 Å². The van der Waals surface area contributed by atoms with Crippen molar-refractivity contribution in [3.63, 3.8) is 0 Å². The zero-order valence-corrected chi connectivity index (χ0v) is 41.1. The third-order valence-corrected chi connectivity index (χ3v) is 12.6. The number of aliphatic hydroxyl groups is 2. The van der Waals surface area contributed by atoms with Crippen LogP contribution in [0.2, 0.25) is 0 Å². The van der Waals surface area contributed by atoms with E-state index < -0.39 is 18.2 Å². The van der Waals surface area contributed by atoms with Gasteiger partial charge >= 0.3 is 5.97 Å². The summed E-state index contributed by atoms with van der Waals surface area (Å²) in [5.74, 6) is -0.485. The molecule has 0 aromatic heterocycles. The molecule has 0 aromatic carbocycles. The lowest BCUT2D eigenvalue weighted by atomic mass is 10.0. The van der Waals surface area contributed by atoms with Gasteiger partial charge in [-0.3, -0.25) is 9.59 Å². The summed E-state index contributed by atoms with van der Waals surface area (Å²) in [5, 5.41) is 23.8. The summed E-state index contributed by atoms with van der Waals surface area (Å²) in [6.45, 7) is 6.49. The lowest BCUT2D eigenvalue weighted by molar-refractivity contribution is -0.151. The molecule has 61 heavy (non-hydrogen) atoms. The van der Waals surface area contributed by atoms with Crippen molar-refractivity contribution in [3.05, 3.63) is 24.3 Å². The number of ether oxygens (including phenoxy) is 1. The predicted molar refractivity (Wildman–Crippen MR) is 264 cm³/mol. The molecule has 0 aromatic rings. The molecule has 3 atom stereocenters. The van der Waals surface area contributed by atoms with Crippen LogP contribution in [0.25, 0.3) is 0 Å². The molecular weight excluding hydrogens is 755 g/mol. The van der Waals surface area contributed by atoms with E-state index in [4.69, 9.17) is 4.74 Å². The second kappa shape index (κ2) is 49.4. The first kappa shape index (κ1) is 59.3. The van der Waals surface area contributed by atoms with Crippen LogP contribution < -0.4 is 5.32 Å². The maximum Gasteiger partial charge on any atom is 0.306 e. The van der Waals surface area contributed by atoms with Crippen LogP contribution in [0.4, 0.5) is 0 Å². The number of aliphatic hydroxyl groups excluding tert-OH is 2. The monoisotopic (exact) mass is 860 g/mol. The van der Waals surface area contributed by atoms with Gasteiger partial charge < -0.3 is 20.3 Å². The molecule has 0 spiro atoms. The molecule has 0 radical (unpaired) electrons. The van der Waals surface area contributed by atoms with Crippen molar-refractivity contribution in [1.29, 1.82) is 0 Å². The number of esters is 1. The van der Waals surface area contributed by atoms with Gasteiger partial charge in [-0.05, 0) is 51.4 Å². The number of amides is 1. The van der Waals surface area contributed by atoms with Crippen LogP contribution >= 0.6 is 0 Å². The smallest absolute Gasteiger partial charge is 0.306 e. The highest BCUT2D eigenvalue weighted by Gasteiger charge is 2.24. The van der Waals surface area contributed by atoms with Gasteiger partial charge in [0.2, 0.25) is 5.91 Å². The number of rotatable bonds is 49. The Morgan fingerprint density at radius 3 is 1.23 bits per heavy atom. The molecule has 3 N–H and O–H groups in total. The predicted octanol–water partition coefficient (Wildman–Crippen LogP) is 16.3. The summed E-state index contributed by atoms with van der Waals surface area (Å²) in [6.07, 6.45) is 56.6. The van der Waals surface area contributed by atoms with Crippen LogP contribution in [-0.4, -0.2) is 46.9 Å². The maximum absolute atomic E-state index is 13.2. The van der Waals surface area contributed by atoms with Crippen molar-refractivity contribution in [2.45, 2.75) is 309 Å². The van der Waals surface area contributed by atoms with Crippen molar-refractivity contribution in [3.8, 4) is 0 Å². The van der Waals surface area contributed by atoms with Crippen LogP contribution in [0.15, 0.2) is 24.3 Å². The molecule has 0 saturated heterocycles. The van der Waals surface area contributed by atoms with Gasteiger partial charge in [-0.1, -0.05) is 251 Å². The number of unbranched alkanes of at least 4 members (excludes halogenated alkanes) is 34. The quantitative estimate of drug-likeness (QED) is 0.0322. The molecule has 0 aliphatic carbocycles. The largest absolute Gasteiger partial charge is 0.462 e. The van der Waals surface area contributed by atoms with E-state index in [2.05, 4.69) is 50.4 Å². The second-order valence-electron chi connectivity index (χ2n) is 18.7. The Kier molecular flexibility index (Phi) is 48.0. The number of hydrogen-bond donors (Lipinski definition) is 3. The van der Waals surface area contributed by atoms with Gasteiger partial charge in [0.25, 0.3) is 0 Å². The Morgan fingerprint density at radius 1 is 0.475 bits per heavy atom. The average Bonchev–Trinajstić information content (AvgIpc) is 3.25. The van der Waals surface area contributed by atoms with Gasteiger partial charge in [-0.25, -0.2) is 0 Å². The summed E-state index contributed by atoms with van der Waals surface area (Å²) < 4.78 is 5.93. The van der Waals surface area contributed by atoms with Crippen LogP contribution in [0.3, 0.4) is 0 Å². The Bertz CT molecular complexity index is 966. The van der Waals surface area contributed by atoms with Crippen LogP contribution in [0.5, 0.6) is 0 Å². The fourth-order valence-electron chi connectivity index (χ4n) is 8.42. The van der Waals surface area contributed by atoms with E-state index in [9.17, 15) is 19.8 Å². The van der Waals surface area contributed by atoms with E-state index in [1.807, 2.05) is 0 Å². The summed E-state index contributed by atoms with van der Waals surface area (Å²) in [4.78, 5) is 26.2. The van der Waals surface area contributed by atoms with Crippen molar-refractivity contribution in [1.82, 2.24) is 5.32 Å². The zero-order valence-electron chi connectivity index (χ0n) is 41.1. The molecule has 0 saturated carbocycles. The normalized spacial score (nSPS) is 13.3. The number of carbonyl (C=O) groups excluding carboxylic acids is 2. The van der Waals surface area contributed by atoms with Gasteiger partial charge in [-0.15, -0.1) is 0 Å². The Balaban J connectivity index is 4.60. The Hall–Kier alpha value is -1.66. The van der Waals surface area contributed by atoms with Crippen molar-refractivity contribution < 1.29 is 24.5 Å². The number of nitrogens with one attached hydrogen (secondary N) is 1. The zero-order chi connectivity index (χ0) is 44.5. The standard InChI is InChI=1S/C55H105NO5/c1-4-7-10-13-16-19-22-25-26-27-30-31-34-37-40-43-46-51(61-55(60)48-45-42-39-36-33-29-24-21-18-15-12-9-6-3)49-54(59)56-52(50-57)53(58)47-44-41-38-35-32-28-23-20-17-14-11-8-5-2/h26-27,30-31,51-53,57-58H,4-25,28-29,32-50H2,1-3H3,(H,56,59)/b27-26+,31-30+. The maximum atomic E-state index is 13.2. The summed E-state index contributed by atoms with van der Waals surface area (Å²) in [5.41, 5.74) is 0. The third kappa shape index (κ3) is 44.7. The molecule has 360 valence electrons. The van der Waals surface area contributed by atoms with Crippen molar-refractivity contribution in [2.75, 3.05) is 6.61 Å². The summed E-state index contributed by atoms with van der Waals surface area (Å²) >= 11 is 0. The minimum absolute atomic E-state index is 0.0652. The first-order valence-electron chi connectivity index (χ1n) is 27.1. The number of allylic oxidation sites excluding steroid dienone is 4. The molecule has 0 fully saturated rings. The lowest BCUT2D eigenvalue weighted by Crippen LogP contribution is -2.46. The lowest BCUT2D eigenvalue weighted by Gasteiger charge is -2.24. The molecule has 0 aliphatic rings. The first-order valence-corrected chi connectivity index (χ1v) is 27.1. The summed E-state index contributed by atoms with van der Waals surface area (Å²) in [6, 6.07) is -0.705. The molecule has 0 heterocycles. The molecule has 3 unspecified atom stereocenters. The van der Waals surface area contributed by atoms with E-state index in [0.29, 0.717) is 19.3 Å². The molecular formula is C55H105NO5. The number of hydrogen-bond acceptors (Lipinski definition) is 5. The molecule has 0 rings (SSSR count). The molecule has 1 amide bonds. The van der Waals surface area contributed by atoms with Crippen molar-refractivity contribution in [2.24, 2.45) is 0 Å². The molecule has 6 heteroatoms. The van der Waals surface area contributed by atoms with Crippen LogP contribution in [0.1, 0.15) is 290 Å². The Morgan fingerprint density at radius 2 is 0.820 bits per heavy atom. The van der Waals surface area contributed by atoms with Gasteiger partial charge in [0.15, 0.2) is 0 Å². The van der Waals surface area contributed by atoms with Crippen LogP contribution in [-0.2, 0) is 14.3 Å². The fourth-order valence-corrected chi connectivity index (χ4v) is 8.42. The summed E-state index contributed by atoms with van der Waals surface area (Å²) in [7, 11) is 0. The van der Waals surface area contributed by atoms with Gasteiger partial charge in [0.1, 0.15) is 6.10 Å². The van der Waals surface area contributed by atoms with E-state index in [-0.39, 0.29) is 24.9 Å². The SMILES string of the molecule is CCCCCCCCC/C=C/C=C/CCCCCC(CC(=O)NC(CO)C(O)CCCCCCCCCCCCCCC)OC(=O)CCCCCCCCCCCCCCC. The molecule has 0 aliphatic heterocycles. The average molecular weight is 860 g/mol. The van der Waals surface area contributed by atoms with Crippen molar-refractivity contribution >= 4 is 11.9 Å². The van der Waals surface area contributed by atoms with Gasteiger partial charge in [-0.2, -0.15) is 0 Å². The molecule has 6 nitrogen and oxygen atoms in total. The highest BCUT2D eigenvalue weighted by atomic mass is 16.5. The van der Waals surface area contributed by atoms with E-state index in [0.717, 1.165) is 64.2 Å². The topological polar surface area (TPSA) is 95.9 Å². The first-order chi connectivity index (χ1) is 30.0. The second-order valence-corrected chi connectivity index (χ2v) is 18.7. The minimum Gasteiger partial charge on any atom is -0.462 e. The third-order valence-electron chi connectivity index (χ3n) is 12.6. The highest BCUT2D eigenvalue weighted by Crippen LogP contribution is 2.18. The fraction of sp³-hybridized carbons (Fsp3) is 0.891. The van der Waals surface area contributed by atoms with E-state index >= 15 is 0 Å². The number of carbonyl (C=O) groups is 2. The molecule has 0 bridgehead atoms. The van der Waals surface area contributed by atoms with E-state index in [1.165, 1.54) is 180 Å². The van der Waals surface area contributed by atoms with Crippen LogP contribution in [0, 0.1) is 0 Å². The Labute approximate surface area is 380 Å². The minimum atomic E-state index is -0.790. The highest BCUT2D eigenvalue weighted by molar-refractivity contribution is 5.77. The van der Waals surface area contributed by atoms with E-state index in [1.54, 1.807) is 0 Å². The van der Waals surface area contributed by atoms with Gasteiger partial charge in [0, 0.05) is 6.42 Å².